The zero-order chi connectivity index (χ0) is 19.3. The maximum absolute atomic E-state index is 11.9. The molecule has 142 valence electrons. The summed E-state index contributed by atoms with van der Waals surface area (Å²) in [7, 11) is 0.460. The van der Waals surface area contributed by atoms with Gasteiger partial charge in [-0.2, -0.15) is 13.5 Å². The van der Waals surface area contributed by atoms with Crippen molar-refractivity contribution in [2.45, 2.75) is 32.2 Å². The second-order valence-corrected chi connectivity index (χ2v) is 8.20. The van der Waals surface area contributed by atoms with Crippen LogP contribution in [0.25, 0.3) is 11.3 Å². The molecule has 1 aromatic heterocycles. The fourth-order valence-corrected chi connectivity index (χ4v) is 3.03. The van der Waals surface area contributed by atoms with Gasteiger partial charge < -0.3 is 4.90 Å². The summed E-state index contributed by atoms with van der Waals surface area (Å²) in [6.07, 6.45) is 4.79. The Labute approximate surface area is 153 Å². The fraction of sp³-hybridized carbons (Fsp3) is 0.444. The van der Waals surface area contributed by atoms with Crippen LogP contribution in [0.5, 0.6) is 0 Å². The molecule has 0 amide bonds. The molecule has 0 aliphatic heterocycles. The normalized spacial score (nSPS) is 13.7. The molecule has 0 saturated carbocycles. The highest BCUT2D eigenvalue weighted by Crippen LogP contribution is 2.27. The molecule has 2 N–H and O–H groups in total. The summed E-state index contributed by atoms with van der Waals surface area (Å²) < 4.78 is 25.9. The van der Waals surface area contributed by atoms with E-state index in [-0.39, 0.29) is 5.56 Å². The van der Waals surface area contributed by atoms with E-state index in [0.29, 0.717) is 6.26 Å². The van der Waals surface area contributed by atoms with Crippen LogP contribution in [-0.4, -0.2) is 48.4 Å². The molecule has 0 radical (unpaired) electrons. The summed E-state index contributed by atoms with van der Waals surface area (Å²) >= 11 is 0. The highest BCUT2D eigenvalue weighted by Gasteiger charge is 2.18. The maximum Gasteiger partial charge on any atom is 0.267 e. The van der Waals surface area contributed by atoms with E-state index in [4.69, 9.17) is 4.55 Å². The van der Waals surface area contributed by atoms with Crippen LogP contribution in [0.1, 0.15) is 29.5 Å². The van der Waals surface area contributed by atoms with Gasteiger partial charge in [-0.1, -0.05) is 24.3 Å². The molecule has 1 aliphatic carbocycles. The van der Waals surface area contributed by atoms with Crippen molar-refractivity contribution in [1.82, 2.24) is 15.1 Å². The van der Waals surface area contributed by atoms with Crippen LogP contribution in [-0.2, 0) is 29.5 Å². The molecule has 26 heavy (non-hydrogen) atoms. The van der Waals surface area contributed by atoms with E-state index < -0.39 is 10.1 Å². The molecule has 0 atom stereocenters. The average Bonchev–Trinajstić information content (AvgIpc) is 2.54. The molecular formula is C18H25N3O4S. The molecule has 2 aromatic rings. The van der Waals surface area contributed by atoms with Crippen LogP contribution >= 0.6 is 0 Å². The van der Waals surface area contributed by atoms with E-state index in [1.807, 2.05) is 0 Å². The Balaban J connectivity index is 0.000000431. The van der Waals surface area contributed by atoms with Gasteiger partial charge in [-0.05, 0) is 50.9 Å². The van der Waals surface area contributed by atoms with Crippen LogP contribution in [0, 0.1) is 0 Å². The third-order valence-corrected chi connectivity index (χ3v) is 4.02. The minimum absolute atomic E-state index is 0.0160. The summed E-state index contributed by atoms with van der Waals surface area (Å²) in [5, 5.41) is 6.96. The van der Waals surface area contributed by atoms with E-state index in [9.17, 15) is 13.2 Å². The van der Waals surface area contributed by atoms with Gasteiger partial charge in [0, 0.05) is 17.7 Å². The SMILES string of the molecule is CN(C)Cc1ccc(-c2n[nH]c(=O)c3c2CCCC3)cc1.CS(=O)(=O)O. The Morgan fingerprint density at radius 1 is 1.12 bits per heavy atom. The second kappa shape index (κ2) is 8.57. The number of nitrogens with one attached hydrogen (secondary N) is 1. The van der Waals surface area contributed by atoms with E-state index in [1.165, 1.54) is 5.56 Å². The number of aromatic nitrogens is 2. The van der Waals surface area contributed by atoms with Crippen molar-refractivity contribution in [2.24, 2.45) is 0 Å². The topological polar surface area (TPSA) is 103 Å². The molecular weight excluding hydrogens is 354 g/mol. The fourth-order valence-electron chi connectivity index (χ4n) is 3.03. The summed E-state index contributed by atoms with van der Waals surface area (Å²) in [6, 6.07) is 8.48. The predicted octanol–water partition coefficient (Wildman–Crippen LogP) is 1.88. The lowest BCUT2D eigenvalue weighted by Gasteiger charge is -2.17. The first kappa shape index (κ1) is 20.3. The molecule has 0 bridgehead atoms. The first-order valence-electron chi connectivity index (χ1n) is 8.42. The molecule has 3 rings (SSSR count). The minimum atomic E-state index is -3.67. The van der Waals surface area contributed by atoms with Gasteiger partial charge in [0.15, 0.2) is 0 Å². The van der Waals surface area contributed by atoms with Crippen LogP contribution in [0.3, 0.4) is 0 Å². The van der Waals surface area contributed by atoms with Gasteiger partial charge in [-0.15, -0.1) is 0 Å². The van der Waals surface area contributed by atoms with Gasteiger partial charge in [0.2, 0.25) is 0 Å². The largest absolute Gasteiger partial charge is 0.305 e. The first-order valence-corrected chi connectivity index (χ1v) is 10.3. The van der Waals surface area contributed by atoms with E-state index in [0.717, 1.165) is 54.6 Å². The highest BCUT2D eigenvalue weighted by atomic mass is 32.2. The van der Waals surface area contributed by atoms with Crippen molar-refractivity contribution < 1.29 is 13.0 Å². The van der Waals surface area contributed by atoms with Crippen molar-refractivity contribution in [1.29, 1.82) is 0 Å². The van der Waals surface area contributed by atoms with Crippen LogP contribution in [0.15, 0.2) is 29.1 Å². The number of nitrogens with zero attached hydrogens (tertiary/aromatic N) is 2. The molecule has 1 aliphatic rings. The van der Waals surface area contributed by atoms with Gasteiger partial charge in [0.1, 0.15) is 0 Å². The number of hydrogen-bond donors (Lipinski definition) is 2. The van der Waals surface area contributed by atoms with Crippen molar-refractivity contribution >= 4 is 10.1 Å². The summed E-state index contributed by atoms with van der Waals surface area (Å²) in [4.78, 5) is 14.0. The number of hydrogen-bond acceptors (Lipinski definition) is 5. The van der Waals surface area contributed by atoms with E-state index >= 15 is 0 Å². The number of H-pyrrole nitrogens is 1. The Kier molecular flexibility index (Phi) is 6.69. The Hall–Kier alpha value is -2.03. The molecule has 0 saturated heterocycles. The van der Waals surface area contributed by atoms with Crippen molar-refractivity contribution in [3.8, 4) is 11.3 Å². The highest BCUT2D eigenvalue weighted by molar-refractivity contribution is 7.85. The van der Waals surface area contributed by atoms with Gasteiger partial charge in [-0.3, -0.25) is 9.35 Å². The number of fused-ring (bicyclic) bond motifs is 1. The van der Waals surface area contributed by atoms with E-state index in [2.05, 4.69) is 53.5 Å². The van der Waals surface area contributed by atoms with Crippen LogP contribution < -0.4 is 5.56 Å². The van der Waals surface area contributed by atoms with Gasteiger partial charge >= 0.3 is 0 Å². The zero-order valence-corrected chi connectivity index (χ0v) is 16.1. The van der Waals surface area contributed by atoms with Crippen LogP contribution in [0.2, 0.25) is 0 Å². The van der Waals surface area contributed by atoms with Gasteiger partial charge in [0.05, 0.1) is 11.9 Å². The molecule has 8 heteroatoms. The predicted molar refractivity (Wildman–Crippen MR) is 102 cm³/mol. The first-order chi connectivity index (χ1) is 12.1. The lowest BCUT2D eigenvalue weighted by Crippen LogP contribution is -2.21. The molecule has 0 unspecified atom stereocenters. The lowest BCUT2D eigenvalue weighted by molar-refractivity contribution is 0.402. The molecule has 7 nitrogen and oxygen atoms in total. The second-order valence-electron chi connectivity index (χ2n) is 6.73. The number of rotatable bonds is 3. The Morgan fingerprint density at radius 2 is 1.65 bits per heavy atom. The third-order valence-electron chi connectivity index (χ3n) is 4.02. The standard InChI is InChI=1S/C17H21N3O.CH4O3S/c1-20(2)11-12-7-9-13(10-8-12)16-14-5-3-4-6-15(14)17(21)19-18-16;1-5(2,3)4/h7-10H,3-6,11H2,1-2H3,(H,19,21);1H3,(H,2,3,4). The Morgan fingerprint density at radius 3 is 2.19 bits per heavy atom. The maximum atomic E-state index is 11.9. The zero-order valence-electron chi connectivity index (χ0n) is 15.3. The number of aromatic amines is 1. The summed E-state index contributed by atoms with van der Waals surface area (Å²) in [6.45, 7) is 0.928. The minimum Gasteiger partial charge on any atom is -0.305 e. The lowest BCUT2D eigenvalue weighted by atomic mass is 9.90. The quantitative estimate of drug-likeness (QED) is 0.789. The molecule has 1 aromatic carbocycles. The monoisotopic (exact) mass is 379 g/mol. The number of benzene rings is 1. The third kappa shape index (κ3) is 6.05. The Bertz CT molecular complexity index is 895. The van der Waals surface area contributed by atoms with Crippen LogP contribution in [0.4, 0.5) is 0 Å². The summed E-state index contributed by atoms with van der Waals surface area (Å²) in [5.74, 6) is 0. The molecule has 1 heterocycles. The van der Waals surface area contributed by atoms with Gasteiger partial charge in [-0.25, -0.2) is 5.10 Å². The van der Waals surface area contributed by atoms with Crippen molar-refractivity contribution in [3.63, 3.8) is 0 Å². The smallest absolute Gasteiger partial charge is 0.267 e. The molecule has 0 fully saturated rings. The van der Waals surface area contributed by atoms with Crippen molar-refractivity contribution in [3.05, 3.63) is 51.3 Å². The van der Waals surface area contributed by atoms with Crippen molar-refractivity contribution in [2.75, 3.05) is 20.4 Å². The van der Waals surface area contributed by atoms with E-state index in [1.54, 1.807) is 0 Å². The van der Waals surface area contributed by atoms with Gasteiger partial charge in [0.25, 0.3) is 15.7 Å². The average molecular weight is 379 g/mol. The summed E-state index contributed by atoms with van der Waals surface area (Å²) in [5.41, 5.74) is 5.38. The molecule has 0 spiro atoms.